The largest absolute Gasteiger partial charge is 0.508 e. The second-order valence-electron chi connectivity index (χ2n) is 9.64. The normalized spacial score (nSPS) is 18.6. The number of aryl methyl sites for hydroxylation is 2. The van der Waals surface area contributed by atoms with E-state index < -0.39 is 17.7 Å². The molecule has 6 heteroatoms. The lowest BCUT2D eigenvalue weighted by atomic mass is 9.88. The summed E-state index contributed by atoms with van der Waals surface area (Å²) in [5.74, 6) is -1.50. The summed E-state index contributed by atoms with van der Waals surface area (Å²) in [4.78, 5) is 30.5. The number of carbonyl (C=O) groups excluding carboxylic acids is 2. The topological polar surface area (TPSA) is 81.1 Å². The van der Waals surface area contributed by atoms with Crippen LogP contribution in [0.5, 0.6) is 5.75 Å². The zero-order chi connectivity index (χ0) is 26.1. The molecule has 1 saturated heterocycles. The number of aromatic hydroxyl groups is 1. The highest BCUT2D eigenvalue weighted by atomic mass is 16.3. The molecule has 5 rings (SSSR count). The SMILES string of the molecule is CCN(CC)c1ccc(N2C(=O)C(=O)/C(=C(\O)c3ccc4c(c3)CCCC4)C2c2ccc(O)cc2)cc1. The molecular weight excluding hydrogens is 464 g/mol. The van der Waals surface area contributed by atoms with E-state index in [1.807, 2.05) is 42.5 Å². The first kappa shape index (κ1) is 24.6. The van der Waals surface area contributed by atoms with Gasteiger partial charge in [-0.05, 0) is 98.7 Å². The van der Waals surface area contributed by atoms with Crippen LogP contribution in [0.4, 0.5) is 11.4 Å². The molecule has 1 unspecified atom stereocenters. The highest BCUT2D eigenvalue weighted by Crippen LogP contribution is 2.43. The number of rotatable bonds is 6. The zero-order valence-corrected chi connectivity index (χ0v) is 21.3. The number of carbonyl (C=O) groups is 2. The van der Waals surface area contributed by atoms with E-state index in [1.54, 1.807) is 12.1 Å². The number of phenolic OH excluding ortho intramolecular Hbond substituents is 1. The quantitative estimate of drug-likeness (QED) is 0.258. The Balaban J connectivity index is 1.63. The van der Waals surface area contributed by atoms with Crippen LogP contribution in [0.3, 0.4) is 0 Å². The van der Waals surface area contributed by atoms with Gasteiger partial charge in [0.05, 0.1) is 11.6 Å². The van der Waals surface area contributed by atoms with Crippen LogP contribution in [-0.2, 0) is 22.4 Å². The molecule has 3 aromatic carbocycles. The van der Waals surface area contributed by atoms with Crippen LogP contribution in [0.1, 0.15) is 55.0 Å². The van der Waals surface area contributed by atoms with E-state index in [-0.39, 0.29) is 17.1 Å². The molecule has 1 amide bonds. The molecule has 190 valence electrons. The molecule has 0 aromatic heterocycles. The molecule has 1 atom stereocenters. The van der Waals surface area contributed by atoms with Crippen molar-refractivity contribution in [3.05, 3.63) is 94.6 Å². The molecule has 1 aliphatic heterocycles. The molecular formula is C31H32N2O4. The second kappa shape index (κ2) is 10.1. The first-order valence-corrected chi connectivity index (χ1v) is 13.0. The minimum absolute atomic E-state index is 0.0549. The van der Waals surface area contributed by atoms with E-state index >= 15 is 0 Å². The van der Waals surface area contributed by atoms with Gasteiger partial charge < -0.3 is 15.1 Å². The highest BCUT2D eigenvalue weighted by Gasteiger charge is 2.47. The van der Waals surface area contributed by atoms with Crippen molar-refractivity contribution in [2.45, 2.75) is 45.6 Å². The molecule has 0 spiro atoms. The van der Waals surface area contributed by atoms with Gasteiger partial charge in [0.15, 0.2) is 0 Å². The van der Waals surface area contributed by atoms with E-state index in [0.717, 1.165) is 44.5 Å². The number of nitrogens with zero attached hydrogens (tertiary/aromatic N) is 2. The molecule has 2 N–H and O–H groups in total. The number of aliphatic hydroxyl groups excluding tert-OH is 1. The summed E-state index contributed by atoms with van der Waals surface area (Å²) >= 11 is 0. The van der Waals surface area contributed by atoms with E-state index in [1.165, 1.54) is 28.2 Å². The predicted octanol–water partition coefficient (Wildman–Crippen LogP) is 5.74. The van der Waals surface area contributed by atoms with Crippen LogP contribution in [0.2, 0.25) is 0 Å². The number of benzene rings is 3. The van der Waals surface area contributed by atoms with Crippen molar-refractivity contribution >= 4 is 28.8 Å². The van der Waals surface area contributed by atoms with Crippen molar-refractivity contribution < 1.29 is 19.8 Å². The van der Waals surface area contributed by atoms with Crippen molar-refractivity contribution in [1.82, 2.24) is 0 Å². The van der Waals surface area contributed by atoms with Gasteiger partial charge in [0.25, 0.3) is 11.7 Å². The molecule has 37 heavy (non-hydrogen) atoms. The minimum Gasteiger partial charge on any atom is -0.508 e. The van der Waals surface area contributed by atoms with Gasteiger partial charge in [-0.3, -0.25) is 14.5 Å². The average molecular weight is 497 g/mol. The number of hydrogen-bond acceptors (Lipinski definition) is 5. The highest BCUT2D eigenvalue weighted by molar-refractivity contribution is 6.51. The van der Waals surface area contributed by atoms with Crippen LogP contribution in [-0.4, -0.2) is 35.0 Å². The number of ketones is 1. The zero-order valence-electron chi connectivity index (χ0n) is 21.3. The van der Waals surface area contributed by atoms with E-state index in [4.69, 9.17) is 0 Å². The van der Waals surface area contributed by atoms with E-state index in [0.29, 0.717) is 16.8 Å². The molecule has 0 saturated carbocycles. The number of amides is 1. The van der Waals surface area contributed by atoms with Crippen molar-refractivity contribution in [3.63, 3.8) is 0 Å². The Morgan fingerprint density at radius 2 is 1.54 bits per heavy atom. The summed E-state index contributed by atoms with van der Waals surface area (Å²) in [5, 5.41) is 21.3. The van der Waals surface area contributed by atoms with Gasteiger partial charge in [0, 0.05) is 30.0 Å². The lowest BCUT2D eigenvalue weighted by Crippen LogP contribution is -2.29. The fourth-order valence-corrected chi connectivity index (χ4v) is 5.52. The van der Waals surface area contributed by atoms with Crippen LogP contribution >= 0.6 is 0 Å². The predicted molar refractivity (Wildman–Crippen MR) is 146 cm³/mol. The van der Waals surface area contributed by atoms with Gasteiger partial charge in [-0.1, -0.05) is 24.3 Å². The molecule has 0 radical (unpaired) electrons. The molecule has 1 aliphatic carbocycles. The van der Waals surface area contributed by atoms with Gasteiger partial charge in [0.1, 0.15) is 11.5 Å². The third-order valence-electron chi connectivity index (χ3n) is 7.53. The third-order valence-corrected chi connectivity index (χ3v) is 7.53. The summed E-state index contributed by atoms with van der Waals surface area (Å²) in [7, 11) is 0. The fraction of sp³-hybridized carbons (Fsp3) is 0.290. The average Bonchev–Trinajstić information content (AvgIpc) is 3.19. The Hall–Kier alpha value is -4.06. The molecule has 6 nitrogen and oxygen atoms in total. The smallest absolute Gasteiger partial charge is 0.300 e. The monoisotopic (exact) mass is 496 g/mol. The number of Topliss-reactive ketones (excluding diaryl/α,β-unsaturated/α-hetero) is 1. The Kier molecular flexibility index (Phi) is 6.74. The summed E-state index contributed by atoms with van der Waals surface area (Å²) in [6.45, 7) is 5.88. The standard InChI is InChI=1S/C31H32N2O4/c1-3-32(4-2)24-13-15-25(16-14-24)33-28(21-11-17-26(34)18-12-21)27(30(36)31(33)37)29(35)23-10-9-20-7-5-6-8-22(20)19-23/h9-19,28,34-35H,3-8H2,1-2H3/b29-27-. The first-order chi connectivity index (χ1) is 17.9. The summed E-state index contributed by atoms with van der Waals surface area (Å²) in [6.07, 6.45) is 4.19. The Labute approximate surface area is 217 Å². The number of fused-ring (bicyclic) bond motifs is 1. The number of phenols is 1. The Morgan fingerprint density at radius 1 is 0.892 bits per heavy atom. The van der Waals surface area contributed by atoms with Crippen LogP contribution < -0.4 is 9.80 Å². The van der Waals surface area contributed by atoms with E-state index in [2.05, 4.69) is 18.7 Å². The van der Waals surface area contributed by atoms with E-state index in [9.17, 15) is 19.8 Å². The maximum absolute atomic E-state index is 13.4. The van der Waals surface area contributed by atoms with Gasteiger partial charge >= 0.3 is 0 Å². The summed E-state index contributed by atoms with van der Waals surface area (Å²) < 4.78 is 0. The molecule has 1 heterocycles. The number of anilines is 2. The van der Waals surface area contributed by atoms with Gasteiger partial charge in [-0.15, -0.1) is 0 Å². The van der Waals surface area contributed by atoms with Crippen molar-refractivity contribution in [1.29, 1.82) is 0 Å². The van der Waals surface area contributed by atoms with Crippen LogP contribution in [0.15, 0.2) is 72.3 Å². The van der Waals surface area contributed by atoms with Gasteiger partial charge in [-0.2, -0.15) is 0 Å². The van der Waals surface area contributed by atoms with Gasteiger partial charge in [-0.25, -0.2) is 0 Å². The van der Waals surface area contributed by atoms with Crippen molar-refractivity contribution in [2.75, 3.05) is 22.9 Å². The summed E-state index contributed by atoms with van der Waals surface area (Å²) in [6, 6.07) is 19.0. The molecule has 0 bridgehead atoms. The van der Waals surface area contributed by atoms with Crippen LogP contribution in [0, 0.1) is 0 Å². The second-order valence-corrected chi connectivity index (χ2v) is 9.64. The van der Waals surface area contributed by atoms with Crippen molar-refractivity contribution in [2.24, 2.45) is 0 Å². The molecule has 2 aliphatic rings. The van der Waals surface area contributed by atoms with Crippen molar-refractivity contribution in [3.8, 4) is 5.75 Å². The molecule has 3 aromatic rings. The number of hydrogen-bond donors (Lipinski definition) is 2. The third kappa shape index (κ3) is 4.48. The fourth-order valence-electron chi connectivity index (χ4n) is 5.52. The maximum Gasteiger partial charge on any atom is 0.300 e. The molecule has 1 fully saturated rings. The van der Waals surface area contributed by atoms with Gasteiger partial charge in [0.2, 0.25) is 0 Å². The maximum atomic E-state index is 13.4. The summed E-state index contributed by atoms with van der Waals surface area (Å²) in [5.41, 5.74) is 5.27. The van der Waals surface area contributed by atoms with Crippen LogP contribution in [0.25, 0.3) is 5.76 Å². The first-order valence-electron chi connectivity index (χ1n) is 13.0. The lowest BCUT2D eigenvalue weighted by Gasteiger charge is -2.27. The Morgan fingerprint density at radius 3 is 2.19 bits per heavy atom. The number of aliphatic hydroxyl groups is 1. The lowest BCUT2D eigenvalue weighted by molar-refractivity contribution is -0.132. The Bertz CT molecular complexity index is 1350. The minimum atomic E-state index is -0.823.